The Balaban J connectivity index is 1.72. The van der Waals surface area contributed by atoms with Gasteiger partial charge in [-0.1, -0.05) is 30.3 Å². The molecule has 1 aromatic heterocycles. The van der Waals surface area contributed by atoms with Crippen molar-refractivity contribution in [2.45, 2.75) is 26.4 Å². The van der Waals surface area contributed by atoms with Gasteiger partial charge in [-0.3, -0.25) is 9.88 Å². The van der Waals surface area contributed by atoms with Crippen LogP contribution >= 0.6 is 0 Å². The molecule has 0 amide bonds. The second-order valence-electron chi connectivity index (χ2n) is 6.47. The van der Waals surface area contributed by atoms with Crippen molar-refractivity contribution >= 4 is 0 Å². The number of nitrogens with zero attached hydrogens (tertiary/aromatic N) is 2. The largest absolute Gasteiger partial charge is 0.379 e. The zero-order chi connectivity index (χ0) is 16.8. The molecule has 0 radical (unpaired) electrons. The number of morpholine rings is 1. The van der Waals surface area contributed by atoms with E-state index in [1.807, 2.05) is 13.0 Å². The van der Waals surface area contributed by atoms with Gasteiger partial charge in [-0.05, 0) is 37.1 Å². The van der Waals surface area contributed by atoms with Gasteiger partial charge in [0.1, 0.15) is 0 Å². The Morgan fingerprint density at radius 1 is 1.08 bits per heavy atom. The van der Waals surface area contributed by atoms with Gasteiger partial charge in [-0.15, -0.1) is 0 Å². The van der Waals surface area contributed by atoms with Crippen LogP contribution in [0.2, 0.25) is 0 Å². The molecule has 1 aromatic carbocycles. The molecule has 0 bridgehead atoms. The van der Waals surface area contributed by atoms with Crippen molar-refractivity contribution in [1.29, 1.82) is 0 Å². The summed E-state index contributed by atoms with van der Waals surface area (Å²) in [5.74, 6) is 0. The number of ether oxygens (including phenoxy) is 1. The molecule has 128 valence electrons. The maximum Gasteiger partial charge on any atom is 0.0594 e. The first-order valence-corrected chi connectivity index (χ1v) is 8.74. The van der Waals surface area contributed by atoms with Crippen LogP contribution in [0.25, 0.3) is 0 Å². The highest BCUT2D eigenvalue weighted by molar-refractivity contribution is 5.29. The molecule has 0 aliphatic carbocycles. The molecule has 1 saturated heterocycles. The number of pyridine rings is 1. The van der Waals surface area contributed by atoms with E-state index >= 15 is 0 Å². The second kappa shape index (κ2) is 8.38. The fraction of sp³-hybridized carbons (Fsp3) is 0.450. The van der Waals surface area contributed by atoms with Crippen molar-refractivity contribution in [3.8, 4) is 0 Å². The zero-order valence-electron chi connectivity index (χ0n) is 14.7. The summed E-state index contributed by atoms with van der Waals surface area (Å²) in [7, 11) is 0. The smallest absolute Gasteiger partial charge is 0.0594 e. The number of benzene rings is 1. The van der Waals surface area contributed by atoms with E-state index in [4.69, 9.17) is 4.74 Å². The van der Waals surface area contributed by atoms with Crippen molar-refractivity contribution in [1.82, 2.24) is 15.2 Å². The van der Waals surface area contributed by atoms with Gasteiger partial charge in [0.05, 0.1) is 18.9 Å². The lowest BCUT2D eigenvalue weighted by atomic mass is 10.0. The normalized spacial score (nSPS) is 16.9. The molecule has 2 aromatic rings. The fourth-order valence-corrected chi connectivity index (χ4v) is 3.22. The lowest BCUT2D eigenvalue weighted by Crippen LogP contribution is -2.42. The molecule has 24 heavy (non-hydrogen) atoms. The summed E-state index contributed by atoms with van der Waals surface area (Å²) >= 11 is 0. The Hall–Kier alpha value is -1.75. The molecular weight excluding hydrogens is 298 g/mol. The molecular formula is C20H27N3O. The number of hydrogen-bond acceptors (Lipinski definition) is 4. The fourth-order valence-electron chi connectivity index (χ4n) is 3.22. The summed E-state index contributed by atoms with van der Waals surface area (Å²) in [6.45, 7) is 9.69. The molecule has 1 atom stereocenters. The Morgan fingerprint density at radius 2 is 1.88 bits per heavy atom. The summed E-state index contributed by atoms with van der Waals surface area (Å²) in [4.78, 5) is 7.10. The highest BCUT2D eigenvalue weighted by atomic mass is 16.5. The molecule has 3 rings (SSSR count). The highest BCUT2D eigenvalue weighted by Crippen LogP contribution is 2.20. The minimum absolute atomic E-state index is 0.298. The maximum absolute atomic E-state index is 5.48. The van der Waals surface area contributed by atoms with E-state index in [0.29, 0.717) is 6.04 Å². The van der Waals surface area contributed by atoms with Crippen LogP contribution in [0.1, 0.15) is 28.6 Å². The first-order chi connectivity index (χ1) is 11.7. The third-order valence-electron chi connectivity index (χ3n) is 4.58. The molecule has 1 N–H and O–H groups in total. The first kappa shape index (κ1) is 17.1. The van der Waals surface area contributed by atoms with Crippen LogP contribution in [0, 0.1) is 13.8 Å². The van der Waals surface area contributed by atoms with Crippen LogP contribution in [0.3, 0.4) is 0 Å². The topological polar surface area (TPSA) is 37.4 Å². The highest BCUT2D eigenvalue weighted by Gasteiger charge is 2.19. The van der Waals surface area contributed by atoms with E-state index in [1.165, 1.54) is 11.1 Å². The molecule has 0 spiro atoms. The van der Waals surface area contributed by atoms with E-state index in [9.17, 15) is 0 Å². The van der Waals surface area contributed by atoms with Gasteiger partial charge in [-0.2, -0.15) is 0 Å². The predicted molar refractivity (Wildman–Crippen MR) is 97.0 cm³/mol. The lowest BCUT2D eigenvalue weighted by Gasteiger charge is -2.31. The van der Waals surface area contributed by atoms with Gasteiger partial charge in [-0.25, -0.2) is 0 Å². The van der Waals surface area contributed by atoms with Crippen LogP contribution in [0.15, 0.2) is 42.5 Å². The minimum Gasteiger partial charge on any atom is -0.379 e. The van der Waals surface area contributed by atoms with Gasteiger partial charge >= 0.3 is 0 Å². The molecule has 1 fully saturated rings. The summed E-state index contributed by atoms with van der Waals surface area (Å²) < 4.78 is 5.48. The second-order valence-corrected chi connectivity index (χ2v) is 6.47. The Labute approximate surface area is 144 Å². The van der Waals surface area contributed by atoms with Crippen LogP contribution in [-0.2, 0) is 11.3 Å². The zero-order valence-corrected chi connectivity index (χ0v) is 14.7. The SMILES string of the molecule is Cc1cccc(CN[C@@H](CN2CCOCC2)c2ccccc2C)n1. The summed E-state index contributed by atoms with van der Waals surface area (Å²) in [5.41, 5.74) is 4.86. The van der Waals surface area contributed by atoms with Crippen molar-refractivity contribution in [2.24, 2.45) is 0 Å². The average Bonchev–Trinajstić information content (AvgIpc) is 2.60. The Morgan fingerprint density at radius 3 is 2.62 bits per heavy atom. The van der Waals surface area contributed by atoms with E-state index in [-0.39, 0.29) is 0 Å². The maximum atomic E-state index is 5.48. The molecule has 0 unspecified atom stereocenters. The van der Waals surface area contributed by atoms with Crippen molar-refractivity contribution in [3.63, 3.8) is 0 Å². The lowest BCUT2D eigenvalue weighted by molar-refractivity contribution is 0.0333. The van der Waals surface area contributed by atoms with Gasteiger partial charge in [0, 0.05) is 37.9 Å². The van der Waals surface area contributed by atoms with Crippen molar-refractivity contribution in [2.75, 3.05) is 32.8 Å². The Kier molecular flexibility index (Phi) is 5.96. The number of aromatic nitrogens is 1. The number of nitrogens with one attached hydrogen (secondary N) is 1. The van der Waals surface area contributed by atoms with Gasteiger partial charge in [0.25, 0.3) is 0 Å². The summed E-state index contributed by atoms with van der Waals surface area (Å²) in [5, 5.41) is 3.72. The third kappa shape index (κ3) is 4.63. The molecule has 1 aliphatic rings. The molecule has 4 nitrogen and oxygen atoms in total. The Bertz CT molecular complexity index is 653. The standard InChI is InChI=1S/C20H27N3O/c1-16-6-3-4-9-19(16)20(15-23-10-12-24-13-11-23)21-14-18-8-5-7-17(2)22-18/h3-9,20-21H,10-15H2,1-2H3/t20-/m0/s1. The third-order valence-corrected chi connectivity index (χ3v) is 4.58. The predicted octanol–water partition coefficient (Wildman–Crippen LogP) is 2.86. The van der Waals surface area contributed by atoms with E-state index < -0.39 is 0 Å². The number of aryl methyl sites for hydroxylation is 2. The quantitative estimate of drug-likeness (QED) is 0.886. The number of rotatable bonds is 6. The van der Waals surface area contributed by atoms with Crippen LogP contribution < -0.4 is 5.32 Å². The number of hydrogen-bond donors (Lipinski definition) is 1. The van der Waals surface area contributed by atoms with Crippen LogP contribution in [0.5, 0.6) is 0 Å². The molecule has 4 heteroatoms. The monoisotopic (exact) mass is 325 g/mol. The van der Waals surface area contributed by atoms with E-state index in [2.05, 4.69) is 58.5 Å². The summed E-state index contributed by atoms with van der Waals surface area (Å²) in [6.07, 6.45) is 0. The van der Waals surface area contributed by atoms with Crippen LogP contribution in [0.4, 0.5) is 0 Å². The van der Waals surface area contributed by atoms with E-state index in [0.717, 1.165) is 50.8 Å². The molecule has 0 saturated carbocycles. The van der Waals surface area contributed by atoms with Crippen molar-refractivity contribution in [3.05, 3.63) is 65.0 Å². The molecule has 2 heterocycles. The first-order valence-electron chi connectivity index (χ1n) is 8.74. The minimum atomic E-state index is 0.298. The summed E-state index contributed by atoms with van der Waals surface area (Å²) in [6, 6.07) is 15.1. The van der Waals surface area contributed by atoms with Crippen molar-refractivity contribution < 1.29 is 4.74 Å². The van der Waals surface area contributed by atoms with Crippen LogP contribution in [-0.4, -0.2) is 42.7 Å². The average molecular weight is 325 g/mol. The van der Waals surface area contributed by atoms with E-state index in [1.54, 1.807) is 0 Å². The van der Waals surface area contributed by atoms with Gasteiger partial charge < -0.3 is 10.1 Å². The van der Waals surface area contributed by atoms with Gasteiger partial charge in [0.15, 0.2) is 0 Å². The molecule has 1 aliphatic heterocycles. The van der Waals surface area contributed by atoms with Gasteiger partial charge in [0.2, 0.25) is 0 Å².